The zero-order valence-corrected chi connectivity index (χ0v) is 10.4. The third-order valence-electron chi connectivity index (χ3n) is 2.41. The van der Waals surface area contributed by atoms with E-state index in [-0.39, 0.29) is 11.9 Å². The Kier molecular flexibility index (Phi) is 3.66. The van der Waals surface area contributed by atoms with Gasteiger partial charge in [-0.2, -0.15) is 5.10 Å². The fourth-order valence-electron chi connectivity index (χ4n) is 1.54. The lowest BCUT2D eigenvalue weighted by atomic mass is 10.3. The number of carbonyl (C=O) groups is 1. The van der Waals surface area contributed by atoms with Crippen molar-refractivity contribution in [2.45, 2.75) is 26.4 Å². The molecule has 94 valence electrons. The van der Waals surface area contributed by atoms with Gasteiger partial charge >= 0.3 is 0 Å². The molecular formula is C12H15N5O. The van der Waals surface area contributed by atoms with E-state index in [1.165, 1.54) is 6.20 Å². The summed E-state index contributed by atoms with van der Waals surface area (Å²) in [4.78, 5) is 19.9. The minimum absolute atomic E-state index is 0.0273. The molecule has 2 rings (SSSR count). The van der Waals surface area contributed by atoms with Crippen molar-refractivity contribution in [1.29, 1.82) is 0 Å². The fraction of sp³-hybridized carbons (Fsp3) is 0.333. The topological polar surface area (TPSA) is 72.7 Å². The van der Waals surface area contributed by atoms with E-state index in [0.29, 0.717) is 12.2 Å². The van der Waals surface area contributed by atoms with Gasteiger partial charge in [-0.05, 0) is 19.9 Å². The van der Waals surface area contributed by atoms with Crippen LogP contribution >= 0.6 is 0 Å². The van der Waals surface area contributed by atoms with Gasteiger partial charge in [0.15, 0.2) is 0 Å². The van der Waals surface area contributed by atoms with E-state index >= 15 is 0 Å². The lowest BCUT2D eigenvalue weighted by Gasteiger charge is -2.13. The molecule has 1 atom stereocenters. The number of nitrogens with one attached hydrogen (secondary N) is 1. The molecule has 6 nitrogen and oxygen atoms in total. The maximum Gasteiger partial charge on any atom is 0.271 e. The number of hydrogen-bond donors (Lipinski definition) is 1. The third-order valence-corrected chi connectivity index (χ3v) is 2.41. The van der Waals surface area contributed by atoms with Crippen molar-refractivity contribution in [2.24, 2.45) is 0 Å². The molecule has 1 amide bonds. The lowest BCUT2D eigenvalue weighted by molar-refractivity contribution is 0.0930. The molecule has 0 unspecified atom stereocenters. The summed E-state index contributed by atoms with van der Waals surface area (Å²) >= 11 is 0. The molecule has 0 fully saturated rings. The average Bonchev–Trinajstić information content (AvgIpc) is 2.82. The van der Waals surface area contributed by atoms with Gasteiger partial charge in [-0.3, -0.25) is 14.5 Å². The molecule has 6 heteroatoms. The van der Waals surface area contributed by atoms with Crippen molar-refractivity contribution in [3.63, 3.8) is 0 Å². The first-order valence-electron chi connectivity index (χ1n) is 5.72. The molecule has 0 aliphatic heterocycles. The van der Waals surface area contributed by atoms with Gasteiger partial charge in [0.25, 0.3) is 5.91 Å². The average molecular weight is 245 g/mol. The van der Waals surface area contributed by atoms with Crippen LogP contribution in [0.15, 0.2) is 30.9 Å². The normalized spacial score (nSPS) is 12.1. The third kappa shape index (κ3) is 3.13. The van der Waals surface area contributed by atoms with Gasteiger partial charge in [-0.15, -0.1) is 0 Å². The van der Waals surface area contributed by atoms with E-state index in [4.69, 9.17) is 0 Å². The molecule has 0 aliphatic carbocycles. The summed E-state index contributed by atoms with van der Waals surface area (Å²) in [7, 11) is 0. The smallest absolute Gasteiger partial charge is 0.271 e. The molecule has 0 aliphatic rings. The van der Waals surface area contributed by atoms with Crippen molar-refractivity contribution in [2.75, 3.05) is 0 Å². The largest absolute Gasteiger partial charge is 0.346 e. The molecule has 0 saturated heterocycles. The molecule has 0 aromatic carbocycles. The van der Waals surface area contributed by atoms with Crippen LogP contribution in [0.1, 0.15) is 23.1 Å². The number of aromatic nitrogens is 4. The highest BCUT2D eigenvalue weighted by molar-refractivity contribution is 5.92. The van der Waals surface area contributed by atoms with E-state index in [1.54, 1.807) is 17.1 Å². The summed E-state index contributed by atoms with van der Waals surface area (Å²) in [5.41, 5.74) is 1.11. The van der Waals surface area contributed by atoms with Crippen LogP contribution in [0.25, 0.3) is 0 Å². The summed E-state index contributed by atoms with van der Waals surface area (Å²) in [6, 6.07) is 1.82. The van der Waals surface area contributed by atoms with Crippen molar-refractivity contribution in [1.82, 2.24) is 25.1 Å². The highest BCUT2D eigenvalue weighted by atomic mass is 16.1. The summed E-state index contributed by atoms with van der Waals surface area (Å²) in [6.07, 6.45) is 6.62. The van der Waals surface area contributed by atoms with Crippen LogP contribution in [0.3, 0.4) is 0 Å². The van der Waals surface area contributed by atoms with E-state index < -0.39 is 0 Å². The van der Waals surface area contributed by atoms with E-state index in [1.807, 2.05) is 26.1 Å². The second kappa shape index (κ2) is 5.39. The van der Waals surface area contributed by atoms with Crippen molar-refractivity contribution in [3.05, 3.63) is 42.2 Å². The predicted molar refractivity (Wildman–Crippen MR) is 65.9 cm³/mol. The van der Waals surface area contributed by atoms with Crippen LogP contribution in [0.2, 0.25) is 0 Å². The van der Waals surface area contributed by atoms with Crippen LogP contribution in [0, 0.1) is 6.92 Å². The maximum absolute atomic E-state index is 11.9. The molecule has 0 saturated carbocycles. The Bertz CT molecular complexity index is 506. The molecule has 0 bridgehead atoms. The first-order chi connectivity index (χ1) is 8.65. The standard InChI is InChI=1S/C12H15N5O/c1-9-6-14-11(7-13-9)12(18)16-10(2)8-17-5-3-4-15-17/h3-7,10H,8H2,1-2H3,(H,16,18)/t10-/m0/s1. The summed E-state index contributed by atoms with van der Waals surface area (Å²) in [6.45, 7) is 4.37. The van der Waals surface area contributed by atoms with Gasteiger partial charge in [0, 0.05) is 24.6 Å². The van der Waals surface area contributed by atoms with Gasteiger partial charge in [0.2, 0.25) is 0 Å². The second-order valence-corrected chi connectivity index (χ2v) is 4.15. The first kappa shape index (κ1) is 12.2. The van der Waals surface area contributed by atoms with Gasteiger partial charge in [-0.1, -0.05) is 0 Å². The van der Waals surface area contributed by atoms with E-state index in [0.717, 1.165) is 5.69 Å². The van der Waals surface area contributed by atoms with Crippen LogP contribution in [0.5, 0.6) is 0 Å². The summed E-state index contributed by atoms with van der Waals surface area (Å²) in [5, 5.41) is 6.94. The van der Waals surface area contributed by atoms with Crippen LogP contribution in [-0.2, 0) is 6.54 Å². The molecule has 2 heterocycles. The monoisotopic (exact) mass is 245 g/mol. The quantitative estimate of drug-likeness (QED) is 0.864. The Morgan fingerprint density at radius 3 is 2.89 bits per heavy atom. The van der Waals surface area contributed by atoms with Crippen molar-refractivity contribution >= 4 is 5.91 Å². The highest BCUT2D eigenvalue weighted by Crippen LogP contribution is 1.96. The molecule has 0 spiro atoms. The Balaban J connectivity index is 1.92. The Morgan fingerprint density at radius 2 is 2.28 bits per heavy atom. The molecule has 1 N–H and O–H groups in total. The number of nitrogens with zero attached hydrogens (tertiary/aromatic N) is 4. The zero-order chi connectivity index (χ0) is 13.0. The Hall–Kier alpha value is -2.24. The van der Waals surface area contributed by atoms with Crippen LogP contribution in [-0.4, -0.2) is 31.7 Å². The van der Waals surface area contributed by atoms with Gasteiger partial charge < -0.3 is 5.32 Å². The maximum atomic E-state index is 11.9. The SMILES string of the molecule is Cc1cnc(C(=O)N[C@@H](C)Cn2cccn2)cn1. The minimum atomic E-state index is -0.220. The molecule has 2 aromatic heterocycles. The Morgan fingerprint density at radius 1 is 1.44 bits per heavy atom. The van der Waals surface area contributed by atoms with E-state index in [2.05, 4.69) is 20.4 Å². The van der Waals surface area contributed by atoms with Crippen molar-refractivity contribution in [3.8, 4) is 0 Å². The minimum Gasteiger partial charge on any atom is -0.346 e. The fourth-order valence-corrected chi connectivity index (χ4v) is 1.54. The number of aryl methyl sites for hydroxylation is 1. The molecule has 18 heavy (non-hydrogen) atoms. The zero-order valence-electron chi connectivity index (χ0n) is 10.4. The second-order valence-electron chi connectivity index (χ2n) is 4.15. The summed E-state index contributed by atoms with van der Waals surface area (Å²) in [5.74, 6) is -0.220. The highest BCUT2D eigenvalue weighted by Gasteiger charge is 2.11. The lowest BCUT2D eigenvalue weighted by Crippen LogP contribution is -2.36. The molecule has 0 radical (unpaired) electrons. The number of carbonyl (C=O) groups excluding carboxylic acids is 1. The number of hydrogen-bond acceptors (Lipinski definition) is 4. The predicted octanol–water partition coefficient (Wildman–Crippen LogP) is 0.800. The van der Waals surface area contributed by atoms with Gasteiger partial charge in [-0.25, -0.2) is 4.98 Å². The first-order valence-corrected chi connectivity index (χ1v) is 5.72. The molecular weight excluding hydrogens is 230 g/mol. The van der Waals surface area contributed by atoms with Gasteiger partial charge in [0.1, 0.15) is 5.69 Å². The van der Waals surface area contributed by atoms with Crippen molar-refractivity contribution < 1.29 is 4.79 Å². The van der Waals surface area contributed by atoms with E-state index in [9.17, 15) is 4.79 Å². The van der Waals surface area contributed by atoms with Crippen LogP contribution < -0.4 is 5.32 Å². The van der Waals surface area contributed by atoms with Gasteiger partial charge in [0.05, 0.1) is 18.4 Å². The van der Waals surface area contributed by atoms with Crippen LogP contribution in [0.4, 0.5) is 0 Å². The number of amides is 1. The Labute approximate surface area is 105 Å². The summed E-state index contributed by atoms with van der Waals surface area (Å²) < 4.78 is 1.77. The molecule has 2 aromatic rings. The number of rotatable bonds is 4.